The molecule has 0 N–H and O–H groups in total. The number of hydrogen-bond acceptors (Lipinski definition) is 2. The van der Waals surface area contributed by atoms with Crippen molar-refractivity contribution in [3.63, 3.8) is 0 Å². The highest BCUT2D eigenvalue weighted by Crippen LogP contribution is 2.19. The van der Waals surface area contributed by atoms with E-state index in [0.717, 1.165) is 28.6 Å². The lowest BCUT2D eigenvalue weighted by molar-refractivity contribution is 0.110. The molecule has 0 radical (unpaired) electrons. The molecule has 0 saturated carbocycles. The Morgan fingerprint density at radius 1 is 1.40 bits per heavy atom. The van der Waals surface area contributed by atoms with Crippen LogP contribution in [0, 0.1) is 0 Å². The summed E-state index contributed by atoms with van der Waals surface area (Å²) in [5.74, 6) is 0. The molecule has 0 atom stereocenters. The second-order valence-corrected chi connectivity index (χ2v) is 4.28. The maximum atomic E-state index is 11.4. The fourth-order valence-corrected chi connectivity index (χ4v) is 2.06. The van der Waals surface area contributed by atoms with Crippen LogP contribution in [0.15, 0.2) is 30.3 Å². The molecule has 1 aromatic carbocycles. The molecule has 0 aliphatic rings. The van der Waals surface area contributed by atoms with Gasteiger partial charge in [0.1, 0.15) is 0 Å². The number of para-hydroxylation sites is 1. The van der Waals surface area contributed by atoms with E-state index in [9.17, 15) is 4.79 Å². The van der Waals surface area contributed by atoms with Crippen molar-refractivity contribution in [2.45, 2.75) is 13.3 Å². The maximum absolute atomic E-state index is 11.4. The third kappa shape index (κ3) is 2.02. The number of aromatic nitrogens is 1. The van der Waals surface area contributed by atoms with Crippen molar-refractivity contribution < 1.29 is 4.79 Å². The molecule has 0 saturated heterocycles. The second-order valence-electron chi connectivity index (χ2n) is 3.30. The van der Waals surface area contributed by atoms with Gasteiger partial charge in [0.05, 0.1) is 16.8 Å². The van der Waals surface area contributed by atoms with E-state index in [2.05, 4.69) is 4.98 Å². The quantitative estimate of drug-likeness (QED) is 0.629. The molecule has 15 heavy (non-hydrogen) atoms. The summed E-state index contributed by atoms with van der Waals surface area (Å²) in [7, 11) is 0. The highest BCUT2D eigenvalue weighted by atomic mass is 127. The number of hydrogen-bond donors (Lipinski definition) is 0. The number of carbonyl (C=O) groups is 1. The van der Waals surface area contributed by atoms with Crippen LogP contribution >= 0.6 is 22.6 Å². The van der Waals surface area contributed by atoms with Gasteiger partial charge in [0.15, 0.2) is 0 Å². The van der Waals surface area contributed by atoms with Gasteiger partial charge in [-0.2, -0.15) is 0 Å². The van der Waals surface area contributed by atoms with Crippen LogP contribution in [-0.4, -0.2) is 8.77 Å². The summed E-state index contributed by atoms with van der Waals surface area (Å²) in [4.78, 5) is 15.9. The summed E-state index contributed by atoms with van der Waals surface area (Å²) in [5, 5.41) is 1.02. The van der Waals surface area contributed by atoms with E-state index in [-0.39, 0.29) is 3.79 Å². The monoisotopic (exact) mass is 311 g/mol. The van der Waals surface area contributed by atoms with E-state index in [1.54, 1.807) is 0 Å². The van der Waals surface area contributed by atoms with E-state index in [4.69, 9.17) is 0 Å². The highest BCUT2D eigenvalue weighted by molar-refractivity contribution is 14.1. The van der Waals surface area contributed by atoms with Crippen molar-refractivity contribution in [1.29, 1.82) is 0 Å². The minimum Gasteiger partial charge on any atom is -0.282 e. The Labute approximate surface area is 102 Å². The van der Waals surface area contributed by atoms with Crippen LogP contribution in [0.5, 0.6) is 0 Å². The molecule has 0 unspecified atom stereocenters. The summed E-state index contributed by atoms with van der Waals surface area (Å²) in [6, 6.07) is 9.79. The summed E-state index contributed by atoms with van der Waals surface area (Å²) >= 11 is 1.81. The van der Waals surface area contributed by atoms with Gasteiger partial charge in [0, 0.05) is 28.0 Å². The van der Waals surface area contributed by atoms with Crippen LogP contribution in [0.4, 0.5) is 0 Å². The summed E-state index contributed by atoms with van der Waals surface area (Å²) in [6.45, 7) is 2.01. The Kier molecular flexibility index (Phi) is 3.00. The summed E-state index contributed by atoms with van der Waals surface area (Å²) in [5.41, 5.74) is 2.57. The minimum absolute atomic E-state index is 0.0581. The molecular formula is C12H10INO. The predicted molar refractivity (Wildman–Crippen MR) is 69.5 cm³/mol. The highest BCUT2D eigenvalue weighted by Gasteiger charge is 2.09. The molecule has 1 aromatic heterocycles. The predicted octanol–water partition coefficient (Wildman–Crippen LogP) is 3.37. The van der Waals surface area contributed by atoms with Crippen molar-refractivity contribution in [2.75, 3.05) is 0 Å². The van der Waals surface area contributed by atoms with Gasteiger partial charge in [-0.05, 0) is 18.6 Å². The van der Waals surface area contributed by atoms with Gasteiger partial charge < -0.3 is 0 Å². The molecule has 3 heteroatoms. The lowest BCUT2D eigenvalue weighted by Gasteiger charge is -2.05. The number of halogens is 1. The normalized spacial score (nSPS) is 10.5. The Morgan fingerprint density at radius 3 is 2.80 bits per heavy atom. The van der Waals surface area contributed by atoms with Crippen LogP contribution < -0.4 is 0 Å². The first-order chi connectivity index (χ1) is 7.22. The van der Waals surface area contributed by atoms with E-state index in [1.165, 1.54) is 0 Å². The smallest absolute Gasteiger partial charge is 0.224 e. The van der Waals surface area contributed by atoms with Gasteiger partial charge in [-0.25, -0.2) is 0 Å². The summed E-state index contributed by atoms with van der Waals surface area (Å²) < 4.78 is 0.0581. The number of pyridine rings is 1. The number of carbonyl (C=O) groups excluding carboxylic acids is 1. The fraction of sp³-hybridized carbons (Fsp3) is 0.167. The molecule has 76 valence electrons. The van der Waals surface area contributed by atoms with Crippen LogP contribution in [0.2, 0.25) is 0 Å². The van der Waals surface area contributed by atoms with Crippen molar-refractivity contribution in [1.82, 2.24) is 4.98 Å². The summed E-state index contributed by atoms with van der Waals surface area (Å²) in [6.07, 6.45) is 0.787. The van der Waals surface area contributed by atoms with Crippen LogP contribution in [0.3, 0.4) is 0 Å². The third-order valence-electron chi connectivity index (χ3n) is 2.35. The first-order valence-electron chi connectivity index (χ1n) is 4.81. The van der Waals surface area contributed by atoms with Crippen molar-refractivity contribution >= 4 is 37.3 Å². The van der Waals surface area contributed by atoms with E-state index in [0.29, 0.717) is 0 Å². The van der Waals surface area contributed by atoms with Gasteiger partial charge in [-0.15, -0.1) is 0 Å². The minimum atomic E-state index is 0.0581. The second kappa shape index (κ2) is 4.26. The molecule has 0 spiro atoms. The fourth-order valence-electron chi connectivity index (χ4n) is 1.60. The standard InChI is InChI=1S/C12H10INO/c1-2-10-9(12(13)15)7-8-5-3-4-6-11(8)14-10/h3-7H,2H2,1H3. The van der Waals surface area contributed by atoms with Crippen LogP contribution in [-0.2, 0) is 6.42 Å². The topological polar surface area (TPSA) is 30.0 Å². The molecule has 0 bridgehead atoms. The zero-order chi connectivity index (χ0) is 10.8. The Hall–Kier alpha value is -0.970. The van der Waals surface area contributed by atoms with E-state index in [1.807, 2.05) is 59.8 Å². The van der Waals surface area contributed by atoms with Crippen LogP contribution in [0.1, 0.15) is 23.0 Å². The zero-order valence-corrected chi connectivity index (χ0v) is 10.5. The lowest BCUT2D eigenvalue weighted by Crippen LogP contribution is -1.99. The molecule has 2 aromatic rings. The zero-order valence-electron chi connectivity index (χ0n) is 8.33. The Balaban J connectivity index is 2.74. The molecule has 0 aliphatic heterocycles. The lowest BCUT2D eigenvalue weighted by atomic mass is 10.1. The molecule has 1 heterocycles. The van der Waals surface area contributed by atoms with Crippen molar-refractivity contribution in [2.24, 2.45) is 0 Å². The van der Waals surface area contributed by atoms with Gasteiger partial charge in [-0.1, -0.05) is 25.1 Å². The number of aryl methyl sites for hydroxylation is 1. The first kappa shape index (κ1) is 10.5. The Bertz CT molecular complexity index is 522. The van der Waals surface area contributed by atoms with Crippen LogP contribution in [0.25, 0.3) is 10.9 Å². The SMILES string of the molecule is CCc1nc2ccccc2cc1C(=O)I. The molecule has 0 amide bonds. The largest absolute Gasteiger partial charge is 0.282 e. The molecule has 0 fully saturated rings. The average Bonchev–Trinajstić information content (AvgIpc) is 2.27. The van der Waals surface area contributed by atoms with Crippen molar-refractivity contribution in [3.05, 3.63) is 41.6 Å². The number of nitrogens with zero attached hydrogens (tertiary/aromatic N) is 1. The number of rotatable bonds is 2. The molecule has 0 aliphatic carbocycles. The number of benzene rings is 1. The van der Waals surface area contributed by atoms with E-state index >= 15 is 0 Å². The van der Waals surface area contributed by atoms with Gasteiger partial charge in [-0.3, -0.25) is 9.78 Å². The molecule has 2 nitrogen and oxygen atoms in total. The average molecular weight is 311 g/mol. The third-order valence-corrected chi connectivity index (χ3v) is 2.93. The number of fused-ring (bicyclic) bond motifs is 1. The first-order valence-corrected chi connectivity index (χ1v) is 5.88. The van der Waals surface area contributed by atoms with Crippen molar-refractivity contribution in [3.8, 4) is 0 Å². The Morgan fingerprint density at radius 2 is 2.13 bits per heavy atom. The van der Waals surface area contributed by atoms with E-state index < -0.39 is 0 Å². The molecule has 2 rings (SSSR count). The van der Waals surface area contributed by atoms with Gasteiger partial charge >= 0.3 is 0 Å². The van der Waals surface area contributed by atoms with Gasteiger partial charge in [0.2, 0.25) is 3.79 Å². The molecular weight excluding hydrogens is 301 g/mol. The maximum Gasteiger partial charge on any atom is 0.224 e. The van der Waals surface area contributed by atoms with Gasteiger partial charge in [0.25, 0.3) is 0 Å².